The number of fused-ring (bicyclic) bond motifs is 1. The predicted molar refractivity (Wildman–Crippen MR) is 79.6 cm³/mol. The van der Waals surface area contributed by atoms with Crippen LogP contribution in [0.5, 0.6) is 5.75 Å². The van der Waals surface area contributed by atoms with Gasteiger partial charge in [0.25, 0.3) is 0 Å². The number of aldehydes is 1. The Kier molecular flexibility index (Phi) is 3.88. The van der Waals surface area contributed by atoms with Crippen molar-refractivity contribution < 1.29 is 9.53 Å². The molecule has 0 bridgehead atoms. The van der Waals surface area contributed by atoms with E-state index in [0.717, 1.165) is 42.2 Å². The molecule has 2 atom stereocenters. The number of nitrogens with zero attached hydrogens (tertiary/aromatic N) is 1. The fourth-order valence-corrected chi connectivity index (χ4v) is 3.07. The third-order valence-electron chi connectivity index (χ3n) is 3.78. The van der Waals surface area contributed by atoms with E-state index in [1.807, 2.05) is 24.3 Å². The summed E-state index contributed by atoms with van der Waals surface area (Å²) in [6.45, 7) is 0.662. The van der Waals surface area contributed by atoms with Gasteiger partial charge >= 0.3 is 0 Å². The van der Waals surface area contributed by atoms with Crippen LogP contribution in [-0.4, -0.2) is 23.3 Å². The number of rotatable bonds is 4. The van der Waals surface area contributed by atoms with E-state index in [1.54, 1.807) is 6.07 Å². The van der Waals surface area contributed by atoms with E-state index in [2.05, 4.69) is 4.98 Å². The van der Waals surface area contributed by atoms with Crippen LogP contribution in [0.25, 0.3) is 10.9 Å². The molecule has 1 aliphatic rings. The zero-order chi connectivity index (χ0) is 13.9. The van der Waals surface area contributed by atoms with Gasteiger partial charge in [-0.1, -0.05) is 18.2 Å². The quantitative estimate of drug-likeness (QED) is 0.634. The third-order valence-corrected chi connectivity index (χ3v) is 4.17. The molecule has 2 aromatic rings. The lowest BCUT2D eigenvalue weighted by Crippen LogP contribution is -2.09. The van der Waals surface area contributed by atoms with Crippen LogP contribution < -0.4 is 4.74 Å². The highest BCUT2D eigenvalue weighted by Gasteiger charge is 2.23. The van der Waals surface area contributed by atoms with Crippen molar-refractivity contribution in [2.45, 2.75) is 24.6 Å². The lowest BCUT2D eigenvalue weighted by molar-refractivity contribution is 0.111. The van der Waals surface area contributed by atoms with Crippen LogP contribution >= 0.6 is 11.6 Å². The van der Waals surface area contributed by atoms with Crippen LogP contribution in [0.2, 0.25) is 0 Å². The summed E-state index contributed by atoms with van der Waals surface area (Å²) in [7, 11) is 0. The molecule has 104 valence electrons. The number of hydrogen-bond acceptors (Lipinski definition) is 3. The first kappa shape index (κ1) is 13.4. The van der Waals surface area contributed by atoms with E-state index in [1.165, 1.54) is 0 Å². The molecule has 20 heavy (non-hydrogen) atoms. The molecule has 3 nitrogen and oxygen atoms in total. The van der Waals surface area contributed by atoms with Crippen molar-refractivity contribution in [2.24, 2.45) is 5.92 Å². The zero-order valence-electron chi connectivity index (χ0n) is 11.1. The summed E-state index contributed by atoms with van der Waals surface area (Å²) in [5, 5.41) is 1.27. The number of aromatic nitrogens is 1. The Bertz CT molecular complexity index is 629. The Balaban J connectivity index is 1.81. The summed E-state index contributed by atoms with van der Waals surface area (Å²) < 4.78 is 5.91. The molecule has 1 aromatic heterocycles. The molecule has 1 heterocycles. The minimum Gasteiger partial charge on any atom is -0.491 e. The van der Waals surface area contributed by atoms with Crippen LogP contribution in [0.15, 0.2) is 30.3 Å². The van der Waals surface area contributed by atoms with E-state index in [4.69, 9.17) is 16.3 Å². The molecular weight excluding hydrogens is 274 g/mol. The first-order valence-electron chi connectivity index (χ1n) is 6.88. The van der Waals surface area contributed by atoms with Crippen LogP contribution in [0.4, 0.5) is 0 Å². The van der Waals surface area contributed by atoms with E-state index < -0.39 is 0 Å². The van der Waals surface area contributed by atoms with Gasteiger partial charge in [0.2, 0.25) is 0 Å². The standard InChI is InChI=1S/C16H16ClNO2/c17-13-6-4-11(8-13)10-20-15-3-1-2-12-5-7-14(9-19)18-16(12)15/h1-3,5,7,9,11,13H,4,6,8,10H2. The number of carbonyl (C=O) groups is 1. The van der Waals surface area contributed by atoms with Crippen molar-refractivity contribution in [3.05, 3.63) is 36.0 Å². The summed E-state index contributed by atoms with van der Waals surface area (Å²) in [6.07, 6.45) is 3.95. The first-order chi connectivity index (χ1) is 9.76. The second-order valence-electron chi connectivity index (χ2n) is 5.27. The molecular formula is C16H16ClNO2. The van der Waals surface area contributed by atoms with Crippen molar-refractivity contribution in [1.82, 2.24) is 4.98 Å². The third kappa shape index (κ3) is 2.78. The number of benzene rings is 1. The van der Waals surface area contributed by atoms with Crippen molar-refractivity contribution in [1.29, 1.82) is 0 Å². The fraction of sp³-hybridized carbons (Fsp3) is 0.375. The van der Waals surface area contributed by atoms with E-state index >= 15 is 0 Å². The molecule has 1 aliphatic carbocycles. The second-order valence-corrected chi connectivity index (χ2v) is 5.89. The van der Waals surface area contributed by atoms with Gasteiger partial charge in [0, 0.05) is 10.8 Å². The number of hydrogen-bond donors (Lipinski definition) is 0. The Labute approximate surface area is 122 Å². The van der Waals surface area contributed by atoms with Gasteiger partial charge < -0.3 is 4.74 Å². The minimum absolute atomic E-state index is 0.288. The largest absolute Gasteiger partial charge is 0.491 e. The molecule has 1 aromatic carbocycles. The predicted octanol–water partition coefficient (Wildman–Crippen LogP) is 3.83. The van der Waals surface area contributed by atoms with Crippen LogP contribution in [0, 0.1) is 5.92 Å². The topological polar surface area (TPSA) is 39.2 Å². The molecule has 0 radical (unpaired) electrons. The average molecular weight is 290 g/mol. The Hall–Kier alpha value is -1.61. The fourth-order valence-electron chi connectivity index (χ4n) is 2.69. The summed E-state index contributed by atoms with van der Waals surface area (Å²) >= 11 is 6.12. The highest BCUT2D eigenvalue weighted by Crippen LogP contribution is 2.31. The number of carbonyl (C=O) groups excluding carboxylic acids is 1. The van der Waals surface area contributed by atoms with Crippen molar-refractivity contribution in [2.75, 3.05) is 6.61 Å². The smallest absolute Gasteiger partial charge is 0.168 e. The minimum atomic E-state index is 0.288. The van der Waals surface area contributed by atoms with Crippen LogP contribution in [-0.2, 0) is 0 Å². The van der Waals surface area contributed by atoms with Gasteiger partial charge in [0.05, 0.1) is 6.61 Å². The molecule has 0 aliphatic heterocycles. The molecule has 0 spiro atoms. The van der Waals surface area contributed by atoms with Gasteiger partial charge in [-0.25, -0.2) is 4.98 Å². The van der Waals surface area contributed by atoms with Gasteiger partial charge in [0.1, 0.15) is 17.0 Å². The lowest BCUT2D eigenvalue weighted by Gasteiger charge is -2.13. The maximum atomic E-state index is 10.8. The highest BCUT2D eigenvalue weighted by atomic mass is 35.5. The normalized spacial score (nSPS) is 22.1. The van der Waals surface area contributed by atoms with Gasteiger partial charge in [-0.15, -0.1) is 11.6 Å². The van der Waals surface area contributed by atoms with Crippen LogP contribution in [0.3, 0.4) is 0 Å². The van der Waals surface area contributed by atoms with Crippen LogP contribution in [0.1, 0.15) is 29.8 Å². The summed E-state index contributed by atoms with van der Waals surface area (Å²) in [5.41, 5.74) is 1.17. The number of para-hydroxylation sites is 1. The van der Waals surface area contributed by atoms with Gasteiger partial charge in [-0.2, -0.15) is 0 Å². The first-order valence-corrected chi connectivity index (χ1v) is 7.31. The van der Waals surface area contributed by atoms with Crippen molar-refractivity contribution >= 4 is 28.8 Å². The zero-order valence-corrected chi connectivity index (χ0v) is 11.8. The van der Waals surface area contributed by atoms with Gasteiger partial charge in [-0.3, -0.25) is 4.79 Å². The number of ether oxygens (including phenoxy) is 1. The molecule has 2 unspecified atom stereocenters. The monoisotopic (exact) mass is 289 g/mol. The molecule has 3 rings (SSSR count). The molecule has 1 fully saturated rings. The average Bonchev–Trinajstić information content (AvgIpc) is 2.90. The lowest BCUT2D eigenvalue weighted by atomic mass is 10.1. The number of halogens is 1. The SMILES string of the molecule is O=Cc1ccc2cccc(OCC3CCC(Cl)C3)c2n1. The maximum absolute atomic E-state index is 10.8. The second kappa shape index (κ2) is 5.80. The van der Waals surface area contributed by atoms with E-state index in [9.17, 15) is 4.79 Å². The molecule has 0 amide bonds. The molecule has 0 saturated heterocycles. The van der Waals surface area contributed by atoms with E-state index in [0.29, 0.717) is 18.2 Å². The Morgan fingerprint density at radius 1 is 1.30 bits per heavy atom. The summed E-state index contributed by atoms with van der Waals surface area (Å²) in [6, 6.07) is 9.42. The summed E-state index contributed by atoms with van der Waals surface area (Å²) in [4.78, 5) is 15.2. The number of pyridine rings is 1. The van der Waals surface area contributed by atoms with Crippen molar-refractivity contribution in [3.63, 3.8) is 0 Å². The molecule has 0 N–H and O–H groups in total. The molecule has 1 saturated carbocycles. The Morgan fingerprint density at radius 3 is 2.95 bits per heavy atom. The van der Waals surface area contributed by atoms with Crippen molar-refractivity contribution in [3.8, 4) is 5.75 Å². The van der Waals surface area contributed by atoms with Gasteiger partial charge in [0.15, 0.2) is 6.29 Å². The highest BCUT2D eigenvalue weighted by molar-refractivity contribution is 6.20. The number of alkyl halides is 1. The summed E-state index contributed by atoms with van der Waals surface area (Å²) in [5.74, 6) is 1.26. The maximum Gasteiger partial charge on any atom is 0.168 e. The van der Waals surface area contributed by atoms with Gasteiger partial charge in [-0.05, 0) is 37.3 Å². The Morgan fingerprint density at radius 2 is 2.20 bits per heavy atom. The molecule has 4 heteroatoms. The van der Waals surface area contributed by atoms with E-state index in [-0.39, 0.29) is 5.38 Å².